The van der Waals surface area contributed by atoms with Crippen LogP contribution in [-0.2, 0) is 4.79 Å². The summed E-state index contributed by atoms with van der Waals surface area (Å²) in [5.41, 5.74) is 0.0605. The van der Waals surface area contributed by atoms with E-state index in [2.05, 4.69) is 20.0 Å². The molecule has 0 saturated carbocycles. The highest BCUT2D eigenvalue weighted by molar-refractivity contribution is 5.92. The maximum Gasteiger partial charge on any atom is 0.246 e. The van der Waals surface area contributed by atoms with Gasteiger partial charge >= 0.3 is 0 Å². The third-order valence-electron chi connectivity index (χ3n) is 5.35. The Morgan fingerprint density at radius 3 is 2.10 bits per heavy atom. The van der Waals surface area contributed by atoms with Gasteiger partial charge in [0, 0.05) is 50.9 Å². The van der Waals surface area contributed by atoms with Gasteiger partial charge in [-0.2, -0.15) is 0 Å². The van der Waals surface area contributed by atoms with E-state index >= 15 is 0 Å². The molecule has 152 valence electrons. The lowest BCUT2D eigenvalue weighted by atomic mass is 10.2. The summed E-state index contributed by atoms with van der Waals surface area (Å²) in [7, 11) is 0. The van der Waals surface area contributed by atoms with Crippen molar-refractivity contribution in [2.24, 2.45) is 0 Å². The van der Waals surface area contributed by atoms with Crippen molar-refractivity contribution in [3.63, 3.8) is 0 Å². The van der Waals surface area contributed by atoms with Gasteiger partial charge < -0.3 is 14.7 Å². The molecule has 0 atom stereocenters. The van der Waals surface area contributed by atoms with Crippen LogP contribution in [0.5, 0.6) is 0 Å². The number of nitrogens with zero attached hydrogens (tertiary/aromatic N) is 5. The second-order valence-electron chi connectivity index (χ2n) is 7.26. The molecule has 1 aromatic heterocycles. The molecule has 0 bridgehead atoms. The van der Waals surface area contributed by atoms with Crippen LogP contribution in [0.25, 0.3) is 6.08 Å². The first-order valence-corrected chi connectivity index (χ1v) is 9.86. The summed E-state index contributed by atoms with van der Waals surface area (Å²) in [6.45, 7) is 4.41. The van der Waals surface area contributed by atoms with Crippen LogP contribution in [0.15, 0.2) is 36.4 Å². The van der Waals surface area contributed by atoms with Crippen molar-refractivity contribution in [1.29, 1.82) is 0 Å². The van der Waals surface area contributed by atoms with E-state index in [9.17, 15) is 13.6 Å². The zero-order valence-corrected chi connectivity index (χ0v) is 16.1. The molecule has 1 aromatic carbocycles. The summed E-state index contributed by atoms with van der Waals surface area (Å²) in [5.74, 6) is 0.399. The zero-order valence-electron chi connectivity index (χ0n) is 16.1. The topological polar surface area (TPSA) is 52.6 Å². The molecule has 2 aromatic rings. The van der Waals surface area contributed by atoms with Gasteiger partial charge in [-0.15, -0.1) is 10.2 Å². The smallest absolute Gasteiger partial charge is 0.246 e. The van der Waals surface area contributed by atoms with Gasteiger partial charge in [0.1, 0.15) is 11.6 Å². The number of anilines is 2. The van der Waals surface area contributed by atoms with E-state index < -0.39 is 11.6 Å². The van der Waals surface area contributed by atoms with Gasteiger partial charge in [0.25, 0.3) is 0 Å². The molecule has 0 N–H and O–H groups in total. The summed E-state index contributed by atoms with van der Waals surface area (Å²) >= 11 is 0. The molecular formula is C21H23F2N5O. The number of carbonyl (C=O) groups excluding carboxylic acids is 1. The molecule has 29 heavy (non-hydrogen) atoms. The largest absolute Gasteiger partial charge is 0.355 e. The summed E-state index contributed by atoms with van der Waals surface area (Å²) in [6, 6.07) is 7.15. The minimum atomic E-state index is -0.559. The Labute approximate surface area is 168 Å². The minimum Gasteiger partial charge on any atom is -0.355 e. The van der Waals surface area contributed by atoms with Crippen molar-refractivity contribution in [1.82, 2.24) is 15.1 Å². The maximum absolute atomic E-state index is 13.7. The van der Waals surface area contributed by atoms with E-state index in [1.165, 1.54) is 25.0 Å². The molecule has 8 heteroatoms. The quantitative estimate of drug-likeness (QED) is 0.740. The molecule has 0 aliphatic carbocycles. The van der Waals surface area contributed by atoms with Gasteiger partial charge in [-0.1, -0.05) is 0 Å². The Morgan fingerprint density at radius 2 is 1.48 bits per heavy atom. The monoisotopic (exact) mass is 399 g/mol. The van der Waals surface area contributed by atoms with Crippen LogP contribution in [0.2, 0.25) is 0 Å². The number of rotatable bonds is 4. The predicted molar refractivity (Wildman–Crippen MR) is 108 cm³/mol. The Balaban J connectivity index is 1.32. The number of amides is 1. The van der Waals surface area contributed by atoms with Crippen LogP contribution < -0.4 is 9.80 Å². The number of benzene rings is 1. The van der Waals surface area contributed by atoms with Crippen LogP contribution >= 0.6 is 0 Å². The van der Waals surface area contributed by atoms with Crippen molar-refractivity contribution in [2.45, 2.75) is 12.8 Å². The van der Waals surface area contributed by atoms with Gasteiger partial charge in [0.05, 0.1) is 0 Å². The SMILES string of the molecule is O=C(/C=C/c1cc(F)ccc1F)N1CCN(c2ccc(N3CCCC3)nn2)CC1. The standard InChI is InChI=1S/C21H23F2N5O/c22-17-4-5-18(23)16(15-17)3-8-21(29)28-13-11-27(12-14-28)20-7-6-19(24-25-20)26-9-1-2-10-26/h3-8,15H,1-2,9-14H2/b8-3+. The molecule has 2 aliphatic heterocycles. The lowest BCUT2D eigenvalue weighted by Crippen LogP contribution is -2.48. The molecule has 6 nitrogen and oxygen atoms in total. The normalized spacial score (nSPS) is 17.4. The Hall–Kier alpha value is -3.03. The van der Waals surface area contributed by atoms with Crippen molar-refractivity contribution in [2.75, 3.05) is 49.1 Å². The third-order valence-corrected chi connectivity index (χ3v) is 5.35. The Kier molecular flexibility index (Phi) is 5.69. The molecular weight excluding hydrogens is 376 g/mol. The first kappa shape index (κ1) is 19.3. The number of aromatic nitrogens is 2. The summed E-state index contributed by atoms with van der Waals surface area (Å²) in [6.07, 6.45) is 4.99. The maximum atomic E-state index is 13.7. The summed E-state index contributed by atoms with van der Waals surface area (Å²) < 4.78 is 26.9. The van der Waals surface area contributed by atoms with E-state index in [0.29, 0.717) is 26.2 Å². The zero-order chi connectivity index (χ0) is 20.2. The molecule has 0 unspecified atom stereocenters. The molecule has 2 fully saturated rings. The van der Waals surface area contributed by atoms with Gasteiger partial charge in [-0.25, -0.2) is 8.78 Å². The molecule has 1 amide bonds. The fourth-order valence-electron chi connectivity index (χ4n) is 3.67. The van der Waals surface area contributed by atoms with Crippen molar-refractivity contribution >= 4 is 23.6 Å². The summed E-state index contributed by atoms with van der Waals surface area (Å²) in [5, 5.41) is 8.70. The fourth-order valence-corrected chi connectivity index (χ4v) is 3.67. The predicted octanol–water partition coefficient (Wildman–Crippen LogP) is 2.72. The highest BCUT2D eigenvalue weighted by Crippen LogP contribution is 2.20. The number of hydrogen-bond acceptors (Lipinski definition) is 5. The molecule has 0 spiro atoms. The van der Waals surface area contributed by atoms with Crippen molar-refractivity contribution in [3.8, 4) is 0 Å². The van der Waals surface area contributed by atoms with E-state index in [4.69, 9.17) is 0 Å². The van der Waals surface area contributed by atoms with E-state index in [1.807, 2.05) is 12.1 Å². The molecule has 2 saturated heterocycles. The summed E-state index contributed by atoms with van der Waals surface area (Å²) in [4.78, 5) is 18.4. The van der Waals surface area contributed by atoms with Crippen LogP contribution in [0.1, 0.15) is 18.4 Å². The average molecular weight is 399 g/mol. The van der Waals surface area contributed by atoms with Crippen LogP contribution in [0.3, 0.4) is 0 Å². The minimum absolute atomic E-state index is 0.0605. The van der Waals surface area contributed by atoms with Gasteiger partial charge in [-0.05, 0) is 49.2 Å². The van der Waals surface area contributed by atoms with E-state index in [0.717, 1.165) is 42.9 Å². The number of piperazine rings is 1. The third kappa shape index (κ3) is 4.52. The second kappa shape index (κ2) is 8.55. The number of carbonyl (C=O) groups is 1. The van der Waals surface area contributed by atoms with Crippen LogP contribution in [0.4, 0.5) is 20.4 Å². The average Bonchev–Trinajstić information content (AvgIpc) is 3.29. The van der Waals surface area contributed by atoms with Gasteiger partial charge in [-0.3, -0.25) is 4.79 Å². The van der Waals surface area contributed by atoms with Gasteiger partial charge in [0.2, 0.25) is 5.91 Å². The van der Waals surface area contributed by atoms with Gasteiger partial charge in [0.15, 0.2) is 11.6 Å². The first-order valence-electron chi connectivity index (χ1n) is 9.86. The lowest BCUT2D eigenvalue weighted by molar-refractivity contribution is -0.126. The molecule has 2 aliphatic rings. The second-order valence-corrected chi connectivity index (χ2v) is 7.26. The number of hydrogen-bond donors (Lipinski definition) is 0. The van der Waals surface area contributed by atoms with Crippen LogP contribution in [0, 0.1) is 11.6 Å². The van der Waals surface area contributed by atoms with Crippen LogP contribution in [-0.4, -0.2) is 60.3 Å². The van der Waals surface area contributed by atoms with Crippen molar-refractivity contribution in [3.05, 3.63) is 53.6 Å². The fraction of sp³-hybridized carbons (Fsp3) is 0.381. The van der Waals surface area contributed by atoms with E-state index in [1.54, 1.807) is 4.90 Å². The molecule has 3 heterocycles. The molecule has 0 radical (unpaired) electrons. The lowest BCUT2D eigenvalue weighted by Gasteiger charge is -2.34. The molecule has 4 rings (SSSR count). The van der Waals surface area contributed by atoms with E-state index in [-0.39, 0.29) is 11.5 Å². The van der Waals surface area contributed by atoms with Crippen molar-refractivity contribution < 1.29 is 13.6 Å². The Bertz CT molecular complexity index is 888. The first-order chi connectivity index (χ1) is 14.1. The Morgan fingerprint density at radius 1 is 0.862 bits per heavy atom. The number of halogens is 2. The highest BCUT2D eigenvalue weighted by atomic mass is 19.1. The highest BCUT2D eigenvalue weighted by Gasteiger charge is 2.21.